The van der Waals surface area contributed by atoms with Crippen molar-refractivity contribution in [1.82, 2.24) is 0 Å². The predicted octanol–water partition coefficient (Wildman–Crippen LogP) is 1.60. The van der Waals surface area contributed by atoms with Crippen LogP contribution in [0.5, 0.6) is 5.75 Å². The molecule has 2 N–H and O–H groups in total. The Morgan fingerprint density at radius 1 is 1.50 bits per heavy atom. The van der Waals surface area contributed by atoms with Crippen molar-refractivity contribution in [3.05, 3.63) is 29.1 Å². The zero-order valence-corrected chi connectivity index (χ0v) is 7.23. The fourth-order valence-electron chi connectivity index (χ4n) is 1.10. The number of methoxy groups -OCH3 is 1. The summed E-state index contributed by atoms with van der Waals surface area (Å²) in [6, 6.07) is 3.47. The summed E-state index contributed by atoms with van der Waals surface area (Å²) in [5.41, 5.74) is 6.60. The van der Waals surface area contributed by atoms with Gasteiger partial charge in [0.2, 0.25) is 0 Å². The standard InChI is InChI=1S/C9H12FNO/c1-6-3-4-7(5-11)8(10)9(6)12-2/h3-4H,5,11H2,1-2H3. The summed E-state index contributed by atoms with van der Waals surface area (Å²) >= 11 is 0. The summed E-state index contributed by atoms with van der Waals surface area (Å²) < 4.78 is 18.2. The molecule has 2 nitrogen and oxygen atoms in total. The molecule has 0 aliphatic heterocycles. The molecule has 1 rings (SSSR count). The van der Waals surface area contributed by atoms with Crippen molar-refractivity contribution in [2.24, 2.45) is 5.73 Å². The van der Waals surface area contributed by atoms with E-state index in [-0.39, 0.29) is 18.1 Å². The second-order valence-electron chi connectivity index (χ2n) is 2.59. The monoisotopic (exact) mass is 169 g/mol. The van der Waals surface area contributed by atoms with Crippen LogP contribution in [0.1, 0.15) is 11.1 Å². The molecule has 0 amide bonds. The molecule has 0 unspecified atom stereocenters. The first kappa shape index (κ1) is 9.00. The molecule has 0 atom stereocenters. The molecule has 1 aromatic rings. The van der Waals surface area contributed by atoms with Gasteiger partial charge in [0.1, 0.15) is 0 Å². The van der Waals surface area contributed by atoms with Crippen LogP contribution in [0.3, 0.4) is 0 Å². The number of halogens is 1. The third-order valence-electron chi connectivity index (χ3n) is 1.80. The highest BCUT2D eigenvalue weighted by atomic mass is 19.1. The number of hydrogen-bond donors (Lipinski definition) is 1. The van der Waals surface area contributed by atoms with Crippen molar-refractivity contribution in [3.63, 3.8) is 0 Å². The van der Waals surface area contributed by atoms with E-state index in [2.05, 4.69) is 0 Å². The zero-order valence-electron chi connectivity index (χ0n) is 7.23. The minimum Gasteiger partial charge on any atom is -0.493 e. The zero-order chi connectivity index (χ0) is 9.14. The van der Waals surface area contributed by atoms with Crippen molar-refractivity contribution in [2.45, 2.75) is 13.5 Å². The van der Waals surface area contributed by atoms with Gasteiger partial charge in [-0.1, -0.05) is 12.1 Å². The molecule has 0 aliphatic rings. The van der Waals surface area contributed by atoms with Gasteiger partial charge in [-0.05, 0) is 12.5 Å². The fraction of sp³-hybridized carbons (Fsp3) is 0.333. The third kappa shape index (κ3) is 1.41. The highest BCUT2D eigenvalue weighted by Crippen LogP contribution is 2.24. The Bertz CT molecular complexity index is 286. The average Bonchev–Trinajstić information content (AvgIpc) is 2.06. The fourth-order valence-corrected chi connectivity index (χ4v) is 1.10. The lowest BCUT2D eigenvalue weighted by Crippen LogP contribution is -2.02. The van der Waals surface area contributed by atoms with E-state index in [4.69, 9.17) is 10.5 Å². The lowest BCUT2D eigenvalue weighted by molar-refractivity contribution is 0.381. The third-order valence-corrected chi connectivity index (χ3v) is 1.80. The van der Waals surface area contributed by atoms with Gasteiger partial charge in [0.15, 0.2) is 11.6 Å². The Balaban J connectivity index is 3.24. The molecule has 0 saturated carbocycles. The molecular weight excluding hydrogens is 157 g/mol. The highest BCUT2D eigenvalue weighted by molar-refractivity contribution is 5.38. The van der Waals surface area contributed by atoms with Crippen LogP contribution in [0.15, 0.2) is 12.1 Å². The van der Waals surface area contributed by atoms with Crippen LogP contribution in [0.4, 0.5) is 4.39 Å². The largest absolute Gasteiger partial charge is 0.493 e. The average molecular weight is 169 g/mol. The minimum absolute atomic E-state index is 0.197. The van der Waals surface area contributed by atoms with Gasteiger partial charge in [-0.2, -0.15) is 0 Å². The minimum atomic E-state index is -0.347. The van der Waals surface area contributed by atoms with Crippen LogP contribution < -0.4 is 10.5 Å². The second kappa shape index (κ2) is 3.54. The summed E-state index contributed by atoms with van der Waals surface area (Å²) in [7, 11) is 1.45. The van der Waals surface area contributed by atoms with Gasteiger partial charge in [0.05, 0.1) is 7.11 Å². The smallest absolute Gasteiger partial charge is 0.169 e. The first-order valence-electron chi connectivity index (χ1n) is 3.72. The van der Waals surface area contributed by atoms with Gasteiger partial charge in [-0.3, -0.25) is 0 Å². The first-order valence-corrected chi connectivity index (χ1v) is 3.72. The summed E-state index contributed by atoms with van der Waals surface area (Å²) in [5.74, 6) is -0.0575. The van der Waals surface area contributed by atoms with Crippen molar-refractivity contribution in [2.75, 3.05) is 7.11 Å². The molecule has 0 spiro atoms. The van der Waals surface area contributed by atoms with E-state index in [1.54, 1.807) is 19.1 Å². The van der Waals surface area contributed by atoms with Crippen LogP contribution in [-0.4, -0.2) is 7.11 Å². The molecule has 0 aliphatic carbocycles. The van der Waals surface area contributed by atoms with Crippen molar-refractivity contribution in [3.8, 4) is 5.75 Å². The topological polar surface area (TPSA) is 35.2 Å². The quantitative estimate of drug-likeness (QED) is 0.729. The van der Waals surface area contributed by atoms with Gasteiger partial charge in [-0.15, -0.1) is 0 Å². The maximum Gasteiger partial charge on any atom is 0.169 e. The van der Waals surface area contributed by atoms with Crippen LogP contribution in [0.2, 0.25) is 0 Å². The number of nitrogens with two attached hydrogens (primary N) is 1. The molecule has 0 fully saturated rings. The van der Waals surface area contributed by atoms with Gasteiger partial charge < -0.3 is 10.5 Å². The molecule has 0 heterocycles. The Hall–Kier alpha value is -1.09. The normalized spacial score (nSPS) is 10.0. The maximum absolute atomic E-state index is 13.3. The van der Waals surface area contributed by atoms with Crippen LogP contribution in [0.25, 0.3) is 0 Å². The number of benzene rings is 1. The molecule has 12 heavy (non-hydrogen) atoms. The molecule has 0 saturated heterocycles. The summed E-state index contributed by atoms with van der Waals surface area (Å²) in [6.07, 6.45) is 0. The van der Waals surface area contributed by atoms with Gasteiger partial charge in [0, 0.05) is 12.1 Å². The molecule has 0 radical (unpaired) electrons. The van der Waals surface area contributed by atoms with Crippen molar-refractivity contribution < 1.29 is 9.13 Å². The SMILES string of the molecule is COc1c(C)ccc(CN)c1F. The molecule has 3 heteroatoms. The van der Waals surface area contributed by atoms with E-state index < -0.39 is 0 Å². The predicted molar refractivity (Wildman–Crippen MR) is 45.6 cm³/mol. The van der Waals surface area contributed by atoms with E-state index in [0.717, 1.165) is 5.56 Å². The summed E-state index contributed by atoms with van der Waals surface area (Å²) in [6.45, 7) is 1.99. The number of aryl methyl sites for hydroxylation is 1. The van der Waals surface area contributed by atoms with E-state index in [9.17, 15) is 4.39 Å². The second-order valence-corrected chi connectivity index (χ2v) is 2.59. The molecule has 1 aromatic carbocycles. The van der Waals surface area contributed by atoms with Crippen molar-refractivity contribution >= 4 is 0 Å². The van der Waals surface area contributed by atoms with Gasteiger partial charge in [0.25, 0.3) is 0 Å². The van der Waals surface area contributed by atoms with Gasteiger partial charge in [-0.25, -0.2) is 4.39 Å². The van der Waals surface area contributed by atoms with Crippen LogP contribution in [0, 0.1) is 12.7 Å². The lowest BCUT2D eigenvalue weighted by atomic mass is 10.1. The summed E-state index contributed by atoms with van der Waals surface area (Å²) in [5, 5.41) is 0. The van der Waals surface area contributed by atoms with E-state index in [1.807, 2.05) is 0 Å². The Labute approximate surface area is 71.1 Å². The lowest BCUT2D eigenvalue weighted by Gasteiger charge is -2.08. The first-order chi connectivity index (χ1) is 5.70. The number of ether oxygens (including phenoxy) is 1. The number of hydrogen-bond acceptors (Lipinski definition) is 2. The van der Waals surface area contributed by atoms with Crippen LogP contribution in [-0.2, 0) is 6.54 Å². The Kier molecular flexibility index (Phi) is 2.65. The van der Waals surface area contributed by atoms with E-state index in [1.165, 1.54) is 7.11 Å². The summed E-state index contributed by atoms with van der Waals surface area (Å²) in [4.78, 5) is 0. The van der Waals surface area contributed by atoms with E-state index >= 15 is 0 Å². The Morgan fingerprint density at radius 2 is 2.17 bits per heavy atom. The van der Waals surface area contributed by atoms with Gasteiger partial charge >= 0.3 is 0 Å². The maximum atomic E-state index is 13.3. The molecule has 0 aromatic heterocycles. The van der Waals surface area contributed by atoms with E-state index in [0.29, 0.717) is 5.56 Å². The molecule has 66 valence electrons. The Morgan fingerprint density at radius 3 is 2.67 bits per heavy atom. The molecular formula is C9H12FNO. The number of rotatable bonds is 2. The van der Waals surface area contributed by atoms with Crippen molar-refractivity contribution in [1.29, 1.82) is 0 Å². The van der Waals surface area contributed by atoms with Crippen LogP contribution >= 0.6 is 0 Å². The highest BCUT2D eigenvalue weighted by Gasteiger charge is 2.09. The molecule has 0 bridgehead atoms.